The highest BCUT2D eigenvalue weighted by Gasteiger charge is 2.44. The first-order valence-corrected chi connectivity index (χ1v) is 10.1. The Morgan fingerprint density at radius 2 is 1.74 bits per heavy atom. The number of pyridine rings is 1. The lowest BCUT2D eigenvalue weighted by molar-refractivity contribution is -0.202. The predicted octanol–water partition coefficient (Wildman–Crippen LogP) is 4.99. The maximum atomic E-state index is 14.3. The van der Waals surface area contributed by atoms with E-state index >= 15 is 0 Å². The van der Waals surface area contributed by atoms with Gasteiger partial charge in [0.15, 0.2) is 6.10 Å². The molecule has 0 bridgehead atoms. The highest BCUT2D eigenvalue weighted by molar-refractivity contribution is 6.30. The predicted molar refractivity (Wildman–Crippen MR) is 107 cm³/mol. The zero-order valence-electron chi connectivity index (χ0n) is 17.8. The molecule has 1 aromatic carbocycles. The van der Waals surface area contributed by atoms with Gasteiger partial charge in [-0.15, -0.1) is 0 Å². The van der Waals surface area contributed by atoms with E-state index in [1.165, 1.54) is 19.9 Å². The summed E-state index contributed by atoms with van der Waals surface area (Å²) in [5.41, 5.74) is -4.53. The Balaban J connectivity index is 2.77. The van der Waals surface area contributed by atoms with E-state index in [1.54, 1.807) is 0 Å². The summed E-state index contributed by atoms with van der Waals surface area (Å²) in [4.78, 5) is 16.5. The van der Waals surface area contributed by atoms with Crippen LogP contribution in [0, 0.1) is 5.82 Å². The zero-order valence-corrected chi connectivity index (χ0v) is 18.5. The molecule has 1 heterocycles. The number of carbonyl (C=O) groups is 1. The van der Waals surface area contributed by atoms with Gasteiger partial charge in [0.2, 0.25) is 0 Å². The number of nitrogens with one attached hydrogen (secondary N) is 1. The fraction of sp³-hybridized carbons (Fsp3) is 0.429. The first-order valence-electron chi connectivity index (χ1n) is 9.74. The number of carbonyl (C=O) groups excluding carboxylic acids is 1. The minimum absolute atomic E-state index is 0.0768. The summed E-state index contributed by atoms with van der Waals surface area (Å²) in [5, 5.41) is 11.9. The van der Waals surface area contributed by atoms with Gasteiger partial charge in [-0.2, -0.15) is 26.3 Å². The molecule has 34 heavy (non-hydrogen) atoms. The van der Waals surface area contributed by atoms with E-state index < -0.39 is 66.0 Å². The molecule has 13 heteroatoms. The van der Waals surface area contributed by atoms with Crippen molar-refractivity contribution in [3.05, 3.63) is 64.2 Å². The lowest BCUT2D eigenvalue weighted by Crippen LogP contribution is -2.51. The molecule has 2 atom stereocenters. The van der Waals surface area contributed by atoms with Gasteiger partial charge in [-0.05, 0) is 49.7 Å². The third-order valence-electron chi connectivity index (χ3n) is 4.63. The topological polar surface area (TPSA) is 71.5 Å². The van der Waals surface area contributed by atoms with Crippen LogP contribution in [0.1, 0.15) is 37.1 Å². The number of aliphatic hydroxyl groups excluding tert-OH is 1. The van der Waals surface area contributed by atoms with Gasteiger partial charge >= 0.3 is 18.3 Å². The van der Waals surface area contributed by atoms with Gasteiger partial charge in [0.05, 0.1) is 34.3 Å². The second kappa shape index (κ2) is 10.4. The molecule has 1 aromatic heterocycles. The van der Waals surface area contributed by atoms with Gasteiger partial charge in [0.25, 0.3) is 0 Å². The molecule has 0 radical (unpaired) electrons. The minimum Gasteiger partial charge on any atom is -0.463 e. The normalized spacial score (nSPS) is 15.2. The number of benzene rings is 1. The summed E-state index contributed by atoms with van der Waals surface area (Å²) < 4.78 is 98.5. The third kappa shape index (κ3) is 7.03. The highest BCUT2D eigenvalue weighted by atomic mass is 35.5. The van der Waals surface area contributed by atoms with Crippen molar-refractivity contribution in [1.29, 1.82) is 0 Å². The number of halogens is 8. The first-order chi connectivity index (χ1) is 15.5. The van der Waals surface area contributed by atoms with Crippen LogP contribution in [0.5, 0.6) is 0 Å². The van der Waals surface area contributed by atoms with E-state index in [4.69, 9.17) is 16.3 Å². The number of nitrogens with zero attached hydrogens (tertiary/aromatic N) is 1. The van der Waals surface area contributed by atoms with Crippen LogP contribution >= 0.6 is 11.6 Å². The van der Waals surface area contributed by atoms with Gasteiger partial charge in [0, 0.05) is 12.7 Å². The SMILES string of the molecule is CC(C)OC(=O)C[C@@](NC[C@@H](O)C(F)(F)F)(c1cc(F)cc(C(F)(F)F)c1)c1ccc(Cl)cn1. The second-order valence-corrected chi connectivity index (χ2v) is 8.08. The van der Waals surface area contributed by atoms with Crippen LogP contribution in [0.15, 0.2) is 36.5 Å². The maximum absolute atomic E-state index is 14.3. The molecule has 188 valence electrons. The molecule has 0 saturated carbocycles. The Labute approximate surface area is 194 Å². The monoisotopic (exact) mass is 516 g/mol. The Morgan fingerprint density at radius 3 is 2.24 bits per heavy atom. The van der Waals surface area contributed by atoms with E-state index in [0.717, 1.165) is 12.3 Å². The number of aromatic nitrogens is 1. The Hall–Kier alpha value is -2.44. The average Bonchev–Trinajstić information content (AvgIpc) is 2.69. The molecule has 0 spiro atoms. The molecular weight excluding hydrogens is 497 g/mol. The van der Waals surface area contributed by atoms with Crippen molar-refractivity contribution in [2.45, 2.75) is 50.4 Å². The number of aliphatic hydroxyl groups is 1. The molecule has 5 nitrogen and oxygen atoms in total. The summed E-state index contributed by atoms with van der Waals surface area (Å²) in [6.07, 6.45) is -13.6. The fourth-order valence-corrected chi connectivity index (χ4v) is 3.24. The van der Waals surface area contributed by atoms with Crippen molar-refractivity contribution >= 4 is 17.6 Å². The Morgan fingerprint density at radius 1 is 1.12 bits per heavy atom. The fourth-order valence-electron chi connectivity index (χ4n) is 3.13. The van der Waals surface area contributed by atoms with Crippen LogP contribution in [-0.2, 0) is 21.2 Å². The average molecular weight is 517 g/mol. The number of rotatable bonds is 8. The van der Waals surface area contributed by atoms with Crippen LogP contribution < -0.4 is 5.32 Å². The van der Waals surface area contributed by atoms with Gasteiger partial charge in [0.1, 0.15) is 5.82 Å². The molecule has 0 saturated heterocycles. The molecule has 0 aliphatic heterocycles. The molecular formula is C21H20ClF7N2O3. The van der Waals surface area contributed by atoms with Crippen LogP contribution in [-0.4, -0.2) is 41.0 Å². The second-order valence-electron chi connectivity index (χ2n) is 7.65. The van der Waals surface area contributed by atoms with E-state index in [1.807, 2.05) is 0 Å². The molecule has 0 aliphatic rings. The van der Waals surface area contributed by atoms with Gasteiger partial charge < -0.3 is 9.84 Å². The Bertz CT molecular complexity index is 997. The number of hydrogen-bond acceptors (Lipinski definition) is 5. The first kappa shape index (κ1) is 27.8. The smallest absolute Gasteiger partial charge is 0.416 e. The molecule has 2 rings (SSSR count). The summed E-state index contributed by atoms with van der Waals surface area (Å²) in [7, 11) is 0. The summed E-state index contributed by atoms with van der Waals surface area (Å²) >= 11 is 5.81. The number of hydrogen-bond donors (Lipinski definition) is 2. The lowest BCUT2D eigenvalue weighted by Gasteiger charge is -2.36. The molecule has 2 N–H and O–H groups in total. The van der Waals surface area contributed by atoms with Crippen molar-refractivity contribution in [3.63, 3.8) is 0 Å². The minimum atomic E-state index is -5.09. The molecule has 2 aromatic rings. The molecule has 0 aliphatic carbocycles. The summed E-state index contributed by atoms with van der Waals surface area (Å²) in [5.74, 6) is -2.39. The van der Waals surface area contributed by atoms with Crippen molar-refractivity contribution in [1.82, 2.24) is 10.3 Å². The number of alkyl halides is 6. The van der Waals surface area contributed by atoms with Gasteiger partial charge in [-0.25, -0.2) is 4.39 Å². The standard InChI is InChI=1S/C21H20ClF7N2O3/c1-11(2)34-18(33)8-19(16-4-3-14(22)9-30-16,31-10-17(32)21(27,28)29)12-5-13(20(24,25)26)7-15(23)6-12/h3-7,9,11,17,31-32H,8,10H2,1-2H3/t17-,19-/m1/s1. The number of ether oxygens (including phenoxy) is 1. The van der Waals surface area contributed by atoms with Crippen molar-refractivity contribution in [3.8, 4) is 0 Å². The summed E-state index contributed by atoms with van der Waals surface area (Å²) in [6, 6.07) is 3.69. The van der Waals surface area contributed by atoms with E-state index in [0.29, 0.717) is 12.1 Å². The van der Waals surface area contributed by atoms with Gasteiger partial charge in [-0.3, -0.25) is 15.1 Å². The summed E-state index contributed by atoms with van der Waals surface area (Å²) in [6.45, 7) is 1.69. The molecule has 0 fully saturated rings. The van der Waals surface area contributed by atoms with Crippen molar-refractivity contribution in [2.24, 2.45) is 0 Å². The van der Waals surface area contributed by atoms with Crippen LogP contribution in [0.3, 0.4) is 0 Å². The third-order valence-corrected chi connectivity index (χ3v) is 4.86. The zero-order chi connectivity index (χ0) is 25.9. The quantitative estimate of drug-likeness (QED) is 0.382. The maximum Gasteiger partial charge on any atom is 0.416 e. The van der Waals surface area contributed by atoms with E-state index in [9.17, 15) is 40.6 Å². The van der Waals surface area contributed by atoms with Crippen LogP contribution in [0.2, 0.25) is 5.02 Å². The van der Waals surface area contributed by atoms with Crippen LogP contribution in [0.25, 0.3) is 0 Å². The molecule has 0 amide bonds. The van der Waals surface area contributed by atoms with E-state index in [2.05, 4.69) is 10.3 Å². The lowest BCUT2D eigenvalue weighted by atomic mass is 9.81. The largest absolute Gasteiger partial charge is 0.463 e. The highest BCUT2D eigenvalue weighted by Crippen LogP contribution is 2.38. The van der Waals surface area contributed by atoms with Gasteiger partial charge in [-0.1, -0.05) is 11.6 Å². The van der Waals surface area contributed by atoms with Crippen LogP contribution in [0.4, 0.5) is 30.7 Å². The van der Waals surface area contributed by atoms with Crippen molar-refractivity contribution < 1.29 is 45.4 Å². The number of esters is 1. The van der Waals surface area contributed by atoms with E-state index in [-0.39, 0.29) is 16.8 Å². The molecule has 0 unspecified atom stereocenters. The Kier molecular flexibility index (Phi) is 8.54. The van der Waals surface area contributed by atoms with Crippen molar-refractivity contribution in [2.75, 3.05) is 6.54 Å².